The number of carboxylic acids is 1. The van der Waals surface area contributed by atoms with Crippen LogP contribution in [0.4, 0.5) is 5.69 Å². The first-order chi connectivity index (χ1) is 15.7. The van der Waals surface area contributed by atoms with Crippen LogP contribution in [0.15, 0.2) is 48.5 Å². The Morgan fingerprint density at radius 3 is 2.00 bits per heavy atom. The smallest absolute Gasteiger partial charge is 0.335 e. The van der Waals surface area contributed by atoms with Crippen LogP contribution in [0.3, 0.4) is 0 Å². The molecule has 0 spiro atoms. The monoisotopic (exact) mass is 450 g/mol. The van der Waals surface area contributed by atoms with E-state index in [0.29, 0.717) is 6.04 Å². The summed E-state index contributed by atoms with van der Waals surface area (Å²) in [5.74, 6) is -0.931. The highest BCUT2D eigenvalue weighted by atomic mass is 32.1. The molecule has 1 aromatic heterocycles. The van der Waals surface area contributed by atoms with Gasteiger partial charge in [-0.1, -0.05) is 23.5 Å². The maximum Gasteiger partial charge on any atom is 0.335 e. The summed E-state index contributed by atoms with van der Waals surface area (Å²) in [5, 5.41) is 19.3. The van der Waals surface area contributed by atoms with E-state index in [2.05, 4.69) is 44.3 Å². The number of benzene rings is 2. The van der Waals surface area contributed by atoms with Gasteiger partial charge in [-0.3, -0.25) is 4.90 Å². The molecule has 2 aliphatic heterocycles. The van der Waals surface area contributed by atoms with Crippen LogP contribution in [0.1, 0.15) is 23.2 Å². The molecular weight excluding hydrogens is 424 g/mol. The molecule has 0 amide bonds. The molecule has 0 radical (unpaired) electrons. The summed E-state index contributed by atoms with van der Waals surface area (Å²) in [6, 6.07) is 16.0. The Labute approximate surface area is 191 Å². The van der Waals surface area contributed by atoms with Crippen molar-refractivity contribution in [2.75, 3.05) is 44.3 Å². The summed E-state index contributed by atoms with van der Waals surface area (Å²) in [5.41, 5.74) is 3.43. The number of hydrogen-bond acceptors (Lipinski definition) is 7. The standard InChI is InChI=1S/C24H26N4O3S/c29-24(30)19-3-1-17(2-4-19)22-25-26-23(32-22)18-5-7-20(8-6-18)27-11-13-28(14-12-27)21-9-15-31-16-10-21/h1-8,21H,9-16H2,(H,29,30). The SMILES string of the molecule is O=C(O)c1ccc(-c2nnc(-c3ccc(N4CCN(C5CCOCC5)CC4)cc3)s2)cc1. The first kappa shape index (κ1) is 21.1. The van der Waals surface area contributed by atoms with Gasteiger partial charge in [-0.25, -0.2) is 4.79 Å². The quantitative estimate of drug-likeness (QED) is 0.632. The van der Waals surface area contributed by atoms with Crippen LogP contribution in [0.25, 0.3) is 21.1 Å². The minimum Gasteiger partial charge on any atom is -0.478 e. The molecule has 2 aromatic carbocycles. The largest absolute Gasteiger partial charge is 0.478 e. The molecule has 3 heterocycles. The van der Waals surface area contributed by atoms with Gasteiger partial charge >= 0.3 is 5.97 Å². The Morgan fingerprint density at radius 2 is 1.44 bits per heavy atom. The molecule has 7 nitrogen and oxygen atoms in total. The van der Waals surface area contributed by atoms with Gasteiger partial charge in [0.05, 0.1) is 5.56 Å². The lowest BCUT2D eigenvalue weighted by Gasteiger charge is -2.41. The minimum atomic E-state index is -0.931. The van der Waals surface area contributed by atoms with Crippen molar-refractivity contribution < 1.29 is 14.6 Å². The third-order valence-electron chi connectivity index (χ3n) is 6.30. The molecule has 3 aromatic rings. The van der Waals surface area contributed by atoms with Crippen molar-refractivity contribution in [1.29, 1.82) is 0 Å². The molecule has 2 saturated heterocycles. The fourth-order valence-corrected chi connectivity index (χ4v) is 5.28. The maximum absolute atomic E-state index is 11.0. The Balaban J connectivity index is 1.22. The van der Waals surface area contributed by atoms with Crippen molar-refractivity contribution in [2.45, 2.75) is 18.9 Å². The average molecular weight is 451 g/mol. The van der Waals surface area contributed by atoms with Crippen molar-refractivity contribution in [3.05, 3.63) is 54.1 Å². The number of nitrogens with zero attached hydrogens (tertiary/aromatic N) is 4. The molecule has 32 heavy (non-hydrogen) atoms. The molecule has 2 aliphatic rings. The summed E-state index contributed by atoms with van der Waals surface area (Å²) in [4.78, 5) is 16.1. The van der Waals surface area contributed by atoms with E-state index in [-0.39, 0.29) is 5.56 Å². The van der Waals surface area contributed by atoms with E-state index in [1.54, 1.807) is 24.3 Å². The van der Waals surface area contributed by atoms with Gasteiger partial charge < -0.3 is 14.7 Å². The third-order valence-corrected chi connectivity index (χ3v) is 7.33. The van der Waals surface area contributed by atoms with E-state index in [0.717, 1.165) is 73.4 Å². The molecule has 0 bridgehead atoms. The highest BCUT2D eigenvalue weighted by molar-refractivity contribution is 7.17. The molecule has 2 fully saturated rings. The zero-order valence-corrected chi connectivity index (χ0v) is 18.6. The number of ether oxygens (including phenoxy) is 1. The lowest BCUT2D eigenvalue weighted by Crippen LogP contribution is -2.51. The van der Waals surface area contributed by atoms with Crippen LogP contribution in [0.5, 0.6) is 0 Å². The van der Waals surface area contributed by atoms with Crippen LogP contribution in [-0.2, 0) is 4.74 Å². The van der Waals surface area contributed by atoms with Crippen LogP contribution in [-0.4, -0.2) is 71.6 Å². The van der Waals surface area contributed by atoms with Crippen molar-refractivity contribution >= 4 is 23.0 Å². The topological polar surface area (TPSA) is 78.8 Å². The predicted octanol–water partition coefficient (Wildman–Crippen LogP) is 3.87. The van der Waals surface area contributed by atoms with E-state index in [4.69, 9.17) is 9.84 Å². The number of anilines is 1. The van der Waals surface area contributed by atoms with Gasteiger partial charge in [0.15, 0.2) is 0 Å². The first-order valence-electron chi connectivity index (χ1n) is 11.0. The number of aromatic nitrogens is 2. The molecule has 0 atom stereocenters. The van der Waals surface area contributed by atoms with Gasteiger partial charge in [-0.15, -0.1) is 10.2 Å². The maximum atomic E-state index is 11.0. The Bertz CT molecular complexity index is 1050. The number of carboxylic acid groups (broad SMARTS) is 1. The Morgan fingerprint density at radius 1 is 0.875 bits per heavy atom. The molecule has 166 valence electrons. The zero-order chi connectivity index (χ0) is 21.9. The molecule has 1 N–H and O–H groups in total. The van der Waals surface area contributed by atoms with Gasteiger partial charge in [-0.2, -0.15) is 0 Å². The average Bonchev–Trinajstić information content (AvgIpc) is 3.35. The highest BCUT2D eigenvalue weighted by Gasteiger charge is 2.25. The minimum absolute atomic E-state index is 0.266. The van der Waals surface area contributed by atoms with Gasteiger partial charge in [0.2, 0.25) is 0 Å². The second-order valence-corrected chi connectivity index (χ2v) is 9.19. The molecule has 5 rings (SSSR count). The van der Waals surface area contributed by atoms with E-state index < -0.39 is 5.97 Å². The number of carbonyl (C=O) groups is 1. The second kappa shape index (κ2) is 9.36. The third kappa shape index (κ3) is 4.53. The summed E-state index contributed by atoms with van der Waals surface area (Å²) >= 11 is 1.51. The van der Waals surface area contributed by atoms with Crippen LogP contribution in [0.2, 0.25) is 0 Å². The van der Waals surface area contributed by atoms with Gasteiger partial charge in [-0.05, 0) is 49.2 Å². The van der Waals surface area contributed by atoms with E-state index >= 15 is 0 Å². The highest BCUT2D eigenvalue weighted by Crippen LogP contribution is 2.31. The predicted molar refractivity (Wildman–Crippen MR) is 125 cm³/mol. The Kier molecular flexibility index (Phi) is 6.16. The fraction of sp³-hybridized carbons (Fsp3) is 0.375. The van der Waals surface area contributed by atoms with Crippen LogP contribution < -0.4 is 4.90 Å². The van der Waals surface area contributed by atoms with E-state index in [1.807, 2.05) is 0 Å². The number of rotatable bonds is 5. The summed E-state index contributed by atoms with van der Waals surface area (Å²) in [6.45, 7) is 6.10. The fourth-order valence-electron chi connectivity index (χ4n) is 4.42. The van der Waals surface area contributed by atoms with E-state index in [1.165, 1.54) is 17.0 Å². The van der Waals surface area contributed by atoms with Crippen LogP contribution >= 0.6 is 11.3 Å². The molecule has 0 unspecified atom stereocenters. The van der Waals surface area contributed by atoms with Crippen LogP contribution in [0, 0.1) is 0 Å². The van der Waals surface area contributed by atoms with Gasteiger partial charge in [0.25, 0.3) is 0 Å². The van der Waals surface area contributed by atoms with Crippen molar-refractivity contribution in [2.24, 2.45) is 0 Å². The molecular formula is C24H26N4O3S. The number of hydrogen-bond donors (Lipinski definition) is 1. The normalized spacial score (nSPS) is 18.1. The molecule has 8 heteroatoms. The summed E-state index contributed by atoms with van der Waals surface area (Å²) < 4.78 is 5.50. The number of aromatic carboxylic acids is 1. The lowest BCUT2D eigenvalue weighted by atomic mass is 10.1. The van der Waals surface area contributed by atoms with Gasteiger partial charge in [0.1, 0.15) is 10.0 Å². The van der Waals surface area contributed by atoms with E-state index in [9.17, 15) is 4.79 Å². The van der Waals surface area contributed by atoms with Crippen molar-refractivity contribution in [1.82, 2.24) is 15.1 Å². The van der Waals surface area contributed by atoms with Crippen molar-refractivity contribution in [3.8, 4) is 21.1 Å². The lowest BCUT2D eigenvalue weighted by molar-refractivity contribution is 0.0321. The Hall–Kier alpha value is -2.81. The zero-order valence-electron chi connectivity index (χ0n) is 17.8. The summed E-state index contributed by atoms with van der Waals surface area (Å²) in [7, 11) is 0. The van der Waals surface area contributed by atoms with Gasteiger partial charge in [0, 0.05) is 62.2 Å². The summed E-state index contributed by atoms with van der Waals surface area (Å²) in [6.07, 6.45) is 2.31. The second-order valence-electron chi connectivity index (χ2n) is 8.21. The molecule has 0 saturated carbocycles. The molecule has 0 aliphatic carbocycles. The van der Waals surface area contributed by atoms with Crippen molar-refractivity contribution in [3.63, 3.8) is 0 Å². The number of piperazine rings is 1. The first-order valence-corrected chi connectivity index (χ1v) is 11.8.